The number of ether oxygens (including phenoxy) is 2. The Kier molecular flexibility index (Phi) is 3.95. The molecule has 2 unspecified atom stereocenters. The van der Waals surface area contributed by atoms with Gasteiger partial charge in [0.15, 0.2) is 17.0 Å². The van der Waals surface area contributed by atoms with Crippen molar-refractivity contribution in [1.82, 2.24) is 0 Å². The molecule has 1 aliphatic heterocycles. The zero-order valence-corrected chi connectivity index (χ0v) is 12.6. The zero-order valence-electron chi connectivity index (χ0n) is 12.6. The van der Waals surface area contributed by atoms with Gasteiger partial charge in [0.1, 0.15) is 0 Å². The fourth-order valence-corrected chi connectivity index (χ4v) is 2.73. The second-order valence-electron chi connectivity index (χ2n) is 6.19. The van der Waals surface area contributed by atoms with Gasteiger partial charge in [-0.05, 0) is 40.5 Å². The maximum absolute atomic E-state index is 6.05. The molecule has 2 heteroatoms. The molecule has 1 fully saturated rings. The molecule has 0 aromatic heterocycles. The average molecular weight is 260 g/mol. The number of rotatable bonds is 0. The van der Waals surface area contributed by atoms with E-state index in [1.807, 2.05) is 27.7 Å². The van der Waals surface area contributed by atoms with Crippen molar-refractivity contribution in [2.24, 2.45) is 0 Å². The molecule has 2 atom stereocenters. The van der Waals surface area contributed by atoms with Crippen LogP contribution in [-0.2, 0) is 9.47 Å². The van der Waals surface area contributed by atoms with Crippen LogP contribution in [0.1, 0.15) is 66.2 Å². The Bertz CT molecular complexity index is 415. The quantitative estimate of drug-likeness (QED) is 0.619. The van der Waals surface area contributed by atoms with Crippen LogP contribution in [-0.4, -0.2) is 17.0 Å². The van der Waals surface area contributed by atoms with Crippen molar-refractivity contribution in [3.63, 3.8) is 0 Å². The van der Waals surface area contributed by atoms with E-state index in [-0.39, 0.29) is 0 Å². The lowest BCUT2D eigenvalue weighted by Gasteiger charge is -2.28. The summed E-state index contributed by atoms with van der Waals surface area (Å²) >= 11 is 0. The highest BCUT2D eigenvalue weighted by Crippen LogP contribution is 2.43. The van der Waals surface area contributed by atoms with Crippen LogP contribution in [0.25, 0.3) is 0 Å². The first-order chi connectivity index (χ1) is 8.87. The van der Waals surface area contributed by atoms with E-state index in [0.29, 0.717) is 0 Å². The highest BCUT2D eigenvalue weighted by molar-refractivity contribution is 5.32. The van der Waals surface area contributed by atoms with Crippen LogP contribution >= 0.6 is 0 Å². The Morgan fingerprint density at radius 1 is 0.684 bits per heavy atom. The van der Waals surface area contributed by atoms with Crippen molar-refractivity contribution in [1.29, 1.82) is 0 Å². The zero-order chi connectivity index (χ0) is 14.0. The van der Waals surface area contributed by atoms with Crippen LogP contribution in [0.2, 0.25) is 0 Å². The number of hydrogen-bond acceptors (Lipinski definition) is 2. The topological polar surface area (TPSA) is 18.5 Å². The van der Waals surface area contributed by atoms with Gasteiger partial charge in [-0.15, -0.1) is 11.8 Å². The Hall–Kier alpha value is -0.960. The molecule has 1 heterocycles. The summed E-state index contributed by atoms with van der Waals surface area (Å²) in [5, 5.41) is 0. The highest BCUT2D eigenvalue weighted by Gasteiger charge is 2.57. The van der Waals surface area contributed by atoms with Crippen molar-refractivity contribution >= 4 is 0 Å². The third kappa shape index (κ3) is 3.14. The van der Waals surface area contributed by atoms with Crippen molar-refractivity contribution in [2.45, 2.75) is 83.2 Å². The number of fused-ring (bicyclic) bond motifs is 1. The summed E-state index contributed by atoms with van der Waals surface area (Å²) in [5.74, 6) is 12.4. The third-order valence-corrected chi connectivity index (χ3v) is 3.82. The summed E-state index contributed by atoms with van der Waals surface area (Å²) in [6.07, 6.45) is 6.68. The molecule has 0 amide bonds. The number of hydrogen-bond donors (Lipinski definition) is 0. The first-order valence-corrected chi connectivity index (χ1v) is 7.27. The average Bonchev–Trinajstić information content (AvgIpc) is 2.46. The molecule has 2 rings (SSSR count). The van der Waals surface area contributed by atoms with Gasteiger partial charge in [-0.3, -0.25) is 0 Å². The molecule has 0 saturated carbocycles. The fraction of sp³-hybridized carbons (Fsp3) is 0.765. The Morgan fingerprint density at radius 2 is 1.11 bits per heavy atom. The van der Waals surface area contributed by atoms with Crippen molar-refractivity contribution < 1.29 is 9.47 Å². The Balaban J connectivity index is 2.34. The van der Waals surface area contributed by atoms with Crippen molar-refractivity contribution in [2.75, 3.05) is 0 Å². The molecular weight excluding hydrogens is 236 g/mol. The van der Waals surface area contributed by atoms with Crippen LogP contribution < -0.4 is 0 Å². The molecular formula is C17H24O2. The SMILES string of the molecule is CC1(C)OC2(C)C#CCCCCCCC#CC2(C)O1. The van der Waals surface area contributed by atoms with Crippen LogP contribution in [0.4, 0.5) is 0 Å². The van der Waals surface area contributed by atoms with E-state index < -0.39 is 17.0 Å². The van der Waals surface area contributed by atoms with E-state index in [4.69, 9.17) is 9.47 Å². The van der Waals surface area contributed by atoms with Crippen LogP contribution in [0.3, 0.4) is 0 Å². The van der Waals surface area contributed by atoms with Crippen molar-refractivity contribution in [3.8, 4) is 23.7 Å². The van der Waals surface area contributed by atoms with Crippen LogP contribution in [0.15, 0.2) is 0 Å². The minimum absolute atomic E-state index is 0.632. The lowest BCUT2D eigenvalue weighted by Crippen LogP contribution is -2.45. The third-order valence-electron chi connectivity index (χ3n) is 3.82. The van der Waals surface area contributed by atoms with Gasteiger partial charge >= 0.3 is 0 Å². The van der Waals surface area contributed by atoms with Gasteiger partial charge in [0.2, 0.25) is 0 Å². The van der Waals surface area contributed by atoms with Crippen molar-refractivity contribution in [3.05, 3.63) is 0 Å². The maximum atomic E-state index is 6.05. The normalized spacial score (nSPS) is 37.7. The highest BCUT2D eigenvalue weighted by atomic mass is 16.8. The standard InChI is InChI=1S/C17H24O2/c1-15(2)18-16(3)13-11-9-7-5-6-8-10-12-14-17(16,4)19-15/h5-10H2,1-4H3. The molecule has 104 valence electrons. The molecule has 0 aromatic rings. The van der Waals surface area contributed by atoms with E-state index in [1.165, 1.54) is 12.8 Å². The van der Waals surface area contributed by atoms with E-state index in [2.05, 4.69) is 23.7 Å². The summed E-state index contributed by atoms with van der Waals surface area (Å²) in [5.41, 5.74) is -1.30. The van der Waals surface area contributed by atoms with Gasteiger partial charge in [-0.2, -0.15) is 0 Å². The lowest BCUT2D eigenvalue weighted by atomic mass is 9.86. The molecule has 19 heavy (non-hydrogen) atoms. The summed E-state index contributed by atoms with van der Waals surface area (Å²) in [6.45, 7) is 7.85. The molecule has 0 N–H and O–H groups in total. The predicted molar refractivity (Wildman–Crippen MR) is 76.3 cm³/mol. The van der Waals surface area contributed by atoms with E-state index in [1.54, 1.807) is 0 Å². The van der Waals surface area contributed by atoms with Crippen LogP contribution in [0.5, 0.6) is 0 Å². The lowest BCUT2D eigenvalue weighted by molar-refractivity contribution is -0.156. The van der Waals surface area contributed by atoms with E-state index >= 15 is 0 Å². The second-order valence-corrected chi connectivity index (χ2v) is 6.19. The molecule has 0 bridgehead atoms. The van der Waals surface area contributed by atoms with E-state index in [9.17, 15) is 0 Å². The summed E-state index contributed by atoms with van der Waals surface area (Å²) in [7, 11) is 0. The van der Waals surface area contributed by atoms with Gasteiger partial charge in [0, 0.05) is 12.8 Å². The molecule has 0 aromatic carbocycles. The molecule has 0 radical (unpaired) electrons. The molecule has 2 nitrogen and oxygen atoms in total. The van der Waals surface area contributed by atoms with Gasteiger partial charge in [0.05, 0.1) is 0 Å². The minimum atomic E-state index is -0.650. The van der Waals surface area contributed by atoms with Gasteiger partial charge < -0.3 is 9.47 Å². The summed E-state index contributed by atoms with van der Waals surface area (Å²) in [4.78, 5) is 0. The second kappa shape index (κ2) is 5.20. The van der Waals surface area contributed by atoms with Crippen LogP contribution in [0, 0.1) is 23.7 Å². The molecule has 0 spiro atoms. The van der Waals surface area contributed by atoms with Gasteiger partial charge in [0.25, 0.3) is 0 Å². The first-order valence-electron chi connectivity index (χ1n) is 7.27. The summed E-state index contributed by atoms with van der Waals surface area (Å²) < 4.78 is 12.1. The monoisotopic (exact) mass is 260 g/mol. The summed E-state index contributed by atoms with van der Waals surface area (Å²) in [6, 6.07) is 0. The Morgan fingerprint density at radius 3 is 1.53 bits per heavy atom. The molecule has 1 saturated heterocycles. The molecule has 1 aliphatic carbocycles. The predicted octanol–water partition coefficient (Wildman–Crippen LogP) is 3.65. The van der Waals surface area contributed by atoms with Gasteiger partial charge in [-0.1, -0.05) is 24.7 Å². The maximum Gasteiger partial charge on any atom is 0.168 e. The van der Waals surface area contributed by atoms with Gasteiger partial charge in [-0.25, -0.2) is 0 Å². The molecule has 2 aliphatic rings. The smallest absolute Gasteiger partial charge is 0.168 e. The largest absolute Gasteiger partial charge is 0.328 e. The minimum Gasteiger partial charge on any atom is -0.328 e. The fourth-order valence-electron chi connectivity index (χ4n) is 2.73. The Labute approximate surface area is 117 Å². The van der Waals surface area contributed by atoms with E-state index in [0.717, 1.165) is 25.7 Å². The first kappa shape index (κ1) is 14.4.